The van der Waals surface area contributed by atoms with E-state index in [1.807, 2.05) is 0 Å². The monoisotopic (exact) mass is 296 g/mol. The normalized spacial score (nSPS) is 23.0. The van der Waals surface area contributed by atoms with Crippen LogP contribution in [0.1, 0.15) is 58.3 Å². The molecule has 21 heavy (non-hydrogen) atoms. The van der Waals surface area contributed by atoms with Crippen LogP contribution >= 0.6 is 0 Å². The minimum absolute atomic E-state index is 0.260. The van der Waals surface area contributed by atoms with Crippen molar-refractivity contribution in [2.45, 2.75) is 64.4 Å². The quantitative estimate of drug-likeness (QED) is 0.557. The van der Waals surface area contributed by atoms with E-state index < -0.39 is 12.0 Å². The molecule has 1 fully saturated rings. The molecule has 0 spiro atoms. The molecule has 2 atom stereocenters. The predicted octanol–water partition coefficient (Wildman–Crippen LogP) is 6.04. The van der Waals surface area contributed by atoms with E-state index >= 15 is 0 Å². The van der Waals surface area contributed by atoms with Crippen LogP contribution in [0, 0.1) is 11.8 Å². The van der Waals surface area contributed by atoms with Gasteiger partial charge in [0.2, 0.25) is 0 Å². The second kappa shape index (κ2) is 7.77. The molecule has 0 aromatic heterocycles. The maximum Gasteiger partial charge on any atom is 0.400 e. The van der Waals surface area contributed by atoms with Crippen LogP contribution in [0.3, 0.4) is 0 Å². The third kappa shape index (κ3) is 4.98. The molecule has 1 nitrogen and oxygen atoms in total. The molecule has 1 aromatic carbocycles. The lowest BCUT2D eigenvalue weighted by Gasteiger charge is -2.34. The van der Waals surface area contributed by atoms with Crippen molar-refractivity contribution in [3.63, 3.8) is 0 Å². The van der Waals surface area contributed by atoms with E-state index in [-0.39, 0.29) is 5.75 Å². The van der Waals surface area contributed by atoms with Crippen LogP contribution in [-0.4, -0.2) is 6.11 Å². The second-order valence-corrected chi connectivity index (χ2v) is 6.20. The van der Waals surface area contributed by atoms with E-state index in [2.05, 4.69) is 6.92 Å². The van der Waals surface area contributed by atoms with Crippen molar-refractivity contribution < 1.29 is 13.5 Å². The Morgan fingerprint density at radius 1 is 1.14 bits per heavy atom. The number of para-hydroxylation sites is 1. The predicted molar refractivity (Wildman–Crippen MR) is 81.6 cm³/mol. The smallest absolute Gasteiger partial charge is 0.400 e. The van der Waals surface area contributed by atoms with Crippen LogP contribution < -0.4 is 4.74 Å². The minimum Gasteiger partial charge on any atom is -0.432 e. The first kappa shape index (κ1) is 16.3. The topological polar surface area (TPSA) is 9.23 Å². The third-order valence-corrected chi connectivity index (χ3v) is 4.47. The van der Waals surface area contributed by atoms with Gasteiger partial charge in [0.05, 0.1) is 5.92 Å². The molecule has 2 rings (SSSR count). The van der Waals surface area contributed by atoms with Gasteiger partial charge in [-0.25, -0.2) is 0 Å². The number of ether oxygens (including phenoxy) is 1. The summed E-state index contributed by atoms with van der Waals surface area (Å²) in [6.45, 7) is 2.17. The van der Waals surface area contributed by atoms with E-state index in [4.69, 9.17) is 4.74 Å². The minimum atomic E-state index is -3.05. The fraction of sp³-hybridized carbons (Fsp3) is 0.667. The summed E-state index contributed by atoms with van der Waals surface area (Å²) in [5.74, 6) is 0.0641. The fourth-order valence-electron chi connectivity index (χ4n) is 3.27. The summed E-state index contributed by atoms with van der Waals surface area (Å²) < 4.78 is 33.7. The van der Waals surface area contributed by atoms with Gasteiger partial charge in [-0.15, -0.1) is 0 Å². The summed E-state index contributed by atoms with van der Waals surface area (Å²) >= 11 is 0. The molecule has 118 valence electrons. The summed E-state index contributed by atoms with van der Waals surface area (Å²) in [4.78, 5) is 0. The van der Waals surface area contributed by atoms with E-state index in [1.165, 1.54) is 19.3 Å². The molecular weight excluding hydrogens is 270 g/mol. The van der Waals surface area contributed by atoms with Crippen molar-refractivity contribution in [3.8, 4) is 5.75 Å². The molecule has 1 aliphatic carbocycles. The molecule has 0 bridgehead atoms. The van der Waals surface area contributed by atoms with Crippen LogP contribution in [0.25, 0.3) is 0 Å². The molecule has 0 N–H and O–H groups in total. The lowest BCUT2D eigenvalue weighted by atomic mass is 9.78. The van der Waals surface area contributed by atoms with Gasteiger partial charge in [0, 0.05) is 0 Å². The highest BCUT2D eigenvalue weighted by Crippen LogP contribution is 2.41. The lowest BCUT2D eigenvalue weighted by Crippen LogP contribution is -2.37. The largest absolute Gasteiger partial charge is 0.432 e. The van der Waals surface area contributed by atoms with Gasteiger partial charge in [-0.05, 0) is 30.9 Å². The van der Waals surface area contributed by atoms with Crippen LogP contribution in [0.4, 0.5) is 8.78 Å². The highest BCUT2D eigenvalue weighted by Gasteiger charge is 2.44. The number of alkyl halides is 2. The van der Waals surface area contributed by atoms with Gasteiger partial charge in [0.1, 0.15) is 5.75 Å². The summed E-state index contributed by atoms with van der Waals surface area (Å²) in [7, 11) is 0. The van der Waals surface area contributed by atoms with Crippen molar-refractivity contribution >= 4 is 0 Å². The van der Waals surface area contributed by atoms with Crippen LogP contribution in [-0.2, 0) is 0 Å². The number of hydrogen-bond acceptors (Lipinski definition) is 1. The first-order valence-corrected chi connectivity index (χ1v) is 8.23. The van der Waals surface area contributed by atoms with Gasteiger partial charge in [-0.3, -0.25) is 0 Å². The van der Waals surface area contributed by atoms with Crippen LogP contribution in [0.5, 0.6) is 5.75 Å². The zero-order valence-electron chi connectivity index (χ0n) is 12.9. The summed E-state index contributed by atoms with van der Waals surface area (Å²) in [6, 6.07) is 8.43. The molecule has 0 radical (unpaired) electrons. The highest BCUT2D eigenvalue weighted by atomic mass is 19.3. The number of hydrogen-bond donors (Lipinski definition) is 0. The Morgan fingerprint density at radius 2 is 1.90 bits per heavy atom. The van der Waals surface area contributed by atoms with Gasteiger partial charge in [0.15, 0.2) is 0 Å². The Morgan fingerprint density at radius 3 is 2.62 bits per heavy atom. The molecule has 3 heteroatoms. The summed E-state index contributed by atoms with van der Waals surface area (Å²) in [5.41, 5.74) is 0. The number of unbranched alkanes of at least 4 members (excludes halogenated alkanes) is 2. The zero-order valence-corrected chi connectivity index (χ0v) is 12.9. The summed E-state index contributed by atoms with van der Waals surface area (Å²) in [6.07, 6.45) is 4.77. The van der Waals surface area contributed by atoms with Gasteiger partial charge in [0.25, 0.3) is 0 Å². The Bertz CT molecular complexity index is 405. The van der Waals surface area contributed by atoms with Gasteiger partial charge >= 0.3 is 6.11 Å². The first-order valence-electron chi connectivity index (χ1n) is 8.23. The Hall–Kier alpha value is -1.12. The SMILES string of the molecule is CCCCCC1CCCC(C(F)(F)Oc2ccccc2)C1. The Kier molecular flexibility index (Phi) is 6.01. The number of benzene rings is 1. The molecular formula is C18H26F2O. The fourth-order valence-corrected chi connectivity index (χ4v) is 3.27. The average molecular weight is 296 g/mol. The average Bonchev–Trinajstić information content (AvgIpc) is 2.48. The van der Waals surface area contributed by atoms with E-state index in [1.54, 1.807) is 30.3 Å². The first-order chi connectivity index (χ1) is 10.1. The van der Waals surface area contributed by atoms with Crippen LogP contribution in [0.2, 0.25) is 0 Å². The number of halogens is 2. The third-order valence-electron chi connectivity index (χ3n) is 4.47. The molecule has 1 saturated carbocycles. The molecule has 1 aromatic rings. The molecule has 1 aliphatic rings. The van der Waals surface area contributed by atoms with Crippen molar-refractivity contribution in [1.29, 1.82) is 0 Å². The molecule has 0 amide bonds. The van der Waals surface area contributed by atoms with Crippen molar-refractivity contribution in [1.82, 2.24) is 0 Å². The Labute approximate surface area is 126 Å². The maximum atomic E-state index is 14.3. The Balaban J connectivity index is 1.89. The highest BCUT2D eigenvalue weighted by molar-refractivity contribution is 5.21. The van der Waals surface area contributed by atoms with E-state index in [9.17, 15) is 8.78 Å². The molecule has 2 unspecified atom stereocenters. The van der Waals surface area contributed by atoms with Gasteiger partial charge < -0.3 is 4.74 Å². The summed E-state index contributed by atoms with van der Waals surface area (Å²) in [5, 5.41) is 0. The molecule has 0 saturated heterocycles. The van der Waals surface area contributed by atoms with Crippen molar-refractivity contribution in [2.24, 2.45) is 11.8 Å². The lowest BCUT2D eigenvalue weighted by molar-refractivity contribution is -0.225. The maximum absolute atomic E-state index is 14.3. The number of rotatable bonds is 7. The second-order valence-electron chi connectivity index (χ2n) is 6.20. The van der Waals surface area contributed by atoms with Crippen molar-refractivity contribution in [3.05, 3.63) is 30.3 Å². The molecule has 0 aliphatic heterocycles. The van der Waals surface area contributed by atoms with Crippen LogP contribution in [0.15, 0.2) is 30.3 Å². The van der Waals surface area contributed by atoms with Gasteiger partial charge in [-0.1, -0.05) is 63.6 Å². The van der Waals surface area contributed by atoms with E-state index in [0.717, 1.165) is 19.3 Å². The van der Waals surface area contributed by atoms with Crippen molar-refractivity contribution in [2.75, 3.05) is 0 Å². The molecule has 0 heterocycles. The van der Waals surface area contributed by atoms with Gasteiger partial charge in [-0.2, -0.15) is 8.78 Å². The zero-order chi connectivity index (χ0) is 15.1. The van der Waals surface area contributed by atoms with E-state index in [0.29, 0.717) is 18.8 Å². The standard InChI is InChI=1S/C18H26F2O/c1-2-3-5-9-15-10-8-11-16(14-15)18(19,20)21-17-12-6-4-7-13-17/h4,6-7,12-13,15-16H,2-3,5,8-11,14H2,1H3.